The van der Waals surface area contributed by atoms with Crippen LogP contribution in [-0.2, 0) is 6.42 Å². The first-order chi connectivity index (χ1) is 18.4. The lowest BCUT2D eigenvalue weighted by Gasteiger charge is -2.76. The van der Waals surface area contributed by atoms with Gasteiger partial charge >= 0.3 is 0 Å². The predicted octanol–water partition coefficient (Wildman–Crippen LogP) is 5.15. The van der Waals surface area contributed by atoms with E-state index < -0.39 is 17.7 Å². The number of nitrogens with one attached hydrogen (secondary N) is 2. The number of rotatable bonds is 8. The summed E-state index contributed by atoms with van der Waals surface area (Å²) >= 11 is 0. The molecule has 4 fully saturated rings. The second kappa shape index (κ2) is 8.73. The van der Waals surface area contributed by atoms with Crippen LogP contribution in [0, 0.1) is 17.0 Å². The molecular weight excluding hydrogens is 489 g/mol. The summed E-state index contributed by atoms with van der Waals surface area (Å²) in [5.74, 6) is -1.09. The van der Waals surface area contributed by atoms with E-state index in [1.165, 1.54) is 12.1 Å². The van der Waals surface area contributed by atoms with Crippen LogP contribution < -0.4 is 5.32 Å². The molecule has 3 N–H and O–H groups in total. The summed E-state index contributed by atoms with van der Waals surface area (Å²) in [4.78, 5) is 8.04. The Labute approximate surface area is 221 Å². The van der Waals surface area contributed by atoms with E-state index in [1.54, 1.807) is 0 Å². The predicted molar refractivity (Wildman–Crippen MR) is 142 cm³/mol. The number of aromatic nitrogens is 1. The molecule has 0 radical (unpaired) electrons. The molecule has 5 aliphatic rings. The number of alkyl halides is 1. The fourth-order valence-electron chi connectivity index (χ4n) is 8.16. The first-order valence-electron chi connectivity index (χ1n) is 13.9. The van der Waals surface area contributed by atoms with Crippen LogP contribution in [0.25, 0.3) is 10.9 Å². The topological polar surface area (TPSA) is 54.5 Å². The Morgan fingerprint density at radius 2 is 1.82 bits per heavy atom. The van der Waals surface area contributed by atoms with Crippen molar-refractivity contribution in [2.45, 2.75) is 62.7 Å². The average molecular weight is 525 g/mol. The quantitative estimate of drug-likeness (QED) is 0.382. The Kier molecular flexibility index (Phi) is 5.63. The second-order valence-corrected chi connectivity index (χ2v) is 12.3. The van der Waals surface area contributed by atoms with Gasteiger partial charge in [0.15, 0.2) is 0 Å². The molecule has 1 saturated heterocycles. The summed E-state index contributed by atoms with van der Waals surface area (Å²) < 4.78 is 44.5. The first kappa shape index (κ1) is 24.5. The number of hydrogen-bond donors (Lipinski definition) is 3. The number of benzene rings is 2. The molecule has 202 valence electrons. The number of aromatic amines is 1. The van der Waals surface area contributed by atoms with Gasteiger partial charge in [-0.15, -0.1) is 0 Å². The number of anilines is 1. The molecule has 3 aliphatic carbocycles. The van der Waals surface area contributed by atoms with Crippen molar-refractivity contribution in [3.05, 3.63) is 64.9 Å². The van der Waals surface area contributed by atoms with Gasteiger partial charge in [0.25, 0.3) is 0 Å². The molecule has 3 saturated carbocycles. The maximum absolute atomic E-state index is 16.0. The van der Waals surface area contributed by atoms with Gasteiger partial charge in [0.05, 0.1) is 18.8 Å². The highest BCUT2D eigenvalue weighted by molar-refractivity contribution is 5.85. The van der Waals surface area contributed by atoms with Crippen molar-refractivity contribution in [2.24, 2.45) is 5.41 Å². The Hall–Kier alpha value is -2.55. The SMILES string of the molecule is C[C@@H]1Cc2c([nH]c3ccccc23)[C@@H](c2c(F)cc(NC3CN(CCCF)C3)cc2F)N1C12CC(CO)(C1)C2. The Bertz CT molecular complexity index is 1340. The van der Waals surface area contributed by atoms with Gasteiger partial charge in [-0.05, 0) is 68.2 Å². The lowest BCUT2D eigenvalue weighted by atomic mass is 9.38. The second-order valence-electron chi connectivity index (χ2n) is 12.3. The zero-order valence-electron chi connectivity index (χ0n) is 21.7. The van der Waals surface area contributed by atoms with Crippen LogP contribution in [0.1, 0.15) is 55.5 Å². The Morgan fingerprint density at radius 3 is 2.50 bits per heavy atom. The van der Waals surface area contributed by atoms with Gasteiger partial charge in [-0.1, -0.05) is 18.2 Å². The van der Waals surface area contributed by atoms with Gasteiger partial charge in [0.2, 0.25) is 0 Å². The highest BCUT2D eigenvalue weighted by atomic mass is 19.1. The van der Waals surface area contributed by atoms with E-state index in [-0.39, 0.29) is 41.9 Å². The Morgan fingerprint density at radius 1 is 1.11 bits per heavy atom. The van der Waals surface area contributed by atoms with Crippen LogP contribution in [0.15, 0.2) is 36.4 Å². The van der Waals surface area contributed by atoms with Crippen LogP contribution >= 0.6 is 0 Å². The number of para-hydroxylation sites is 1. The number of fused-ring (bicyclic) bond motifs is 3. The molecule has 5 nitrogen and oxygen atoms in total. The van der Waals surface area contributed by atoms with Gasteiger partial charge in [0, 0.05) is 65.7 Å². The van der Waals surface area contributed by atoms with Crippen molar-refractivity contribution >= 4 is 16.6 Å². The molecule has 2 atom stereocenters. The third-order valence-electron chi connectivity index (χ3n) is 9.66. The van der Waals surface area contributed by atoms with Crippen molar-refractivity contribution in [3.63, 3.8) is 0 Å². The zero-order valence-corrected chi connectivity index (χ0v) is 21.7. The van der Waals surface area contributed by atoms with E-state index in [0.29, 0.717) is 18.7 Å². The van der Waals surface area contributed by atoms with E-state index in [1.807, 2.05) is 18.2 Å². The molecule has 1 aromatic heterocycles. The van der Waals surface area contributed by atoms with Crippen LogP contribution in [0.2, 0.25) is 0 Å². The monoisotopic (exact) mass is 524 g/mol. The van der Waals surface area contributed by atoms with Crippen molar-refractivity contribution in [3.8, 4) is 0 Å². The molecule has 0 amide bonds. The smallest absolute Gasteiger partial charge is 0.133 e. The number of hydrogen-bond acceptors (Lipinski definition) is 4. The number of aliphatic hydroxyl groups excluding tert-OH is 1. The van der Waals surface area contributed by atoms with Gasteiger partial charge in [0.1, 0.15) is 11.6 Å². The molecule has 2 bridgehead atoms. The molecule has 3 aromatic rings. The van der Waals surface area contributed by atoms with E-state index in [4.69, 9.17) is 0 Å². The number of nitrogens with zero attached hydrogens (tertiary/aromatic N) is 2. The van der Waals surface area contributed by atoms with Crippen LogP contribution in [0.5, 0.6) is 0 Å². The molecular formula is C30H35F3N4O. The summed E-state index contributed by atoms with van der Waals surface area (Å²) in [6.07, 6.45) is 3.94. The Balaban J connectivity index is 1.25. The lowest BCUT2D eigenvalue weighted by molar-refractivity contribution is -0.254. The summed E-state index contributed by atoms with van der Waals surface area (Å²) in [6, 6.07) is 10.6. The number of likely N-dealkylation sites (tertiary alicyclic amines) is 1. The fourth-order valence-corrected chi connectivity index (χ4v) is 8.16. The van der Waals surface area contributed by atoms with E-state index in [2.05, 4.69) is 33.1 Å². The highest BCUT2D eigenvalue weighted by Gasteiger charge is 2.71. The minimum Gasteiger partial charge on any atom is -0.396 e. The molecule has 2 aromatic carbocycles. The summed E-state index contributed by atoms with van der Waals surface area (Å²) in [6.45, 7) is 4.20. The molecule has 0 unspecified atom stereocenters. The maximum atomic E-state index is 16.0. The van der Waals surface area contributed by atoms with Crippen LogP contribution in [0.4, 0.5) is 18.9 Å². The van der Waals surface area contributed by atoms with Crippen molar-refractivity contribution in [1.29, 1.82) is 0 Å². The van der Waals surface area contributed by atoms with Crippen molar-refractivity contribution in [2.75, 3.05) is 38.2 Å². The molecule has 0 spiro atoms. The minimum atomic E-state index is -0.563. The summed E-state index contributed by atoms with van der Waals surface area (Å²) in [5, 5.41) is 14.3. The van der Waals surface area contributed by atoms with E-state index >= 15 is 8.78 Å². The molecule has 38 heavy (non-hydrogen) atoms. The van der Waals surface area contributed by atoms with Crippen molar-refractivity contribution in [1.82, 2.24) is 14.8 Å². The third kappa shape index (κ3) is 3.56. The fraction of sp³-hybridized carbons (Fsp3) is 0.533. The minimum absolute atomic E-state index is 0.0171. The summed E-state index contributed by atoms with van der Waals surface area (Å²) in [5.41, 5.74) is 3.40. The largest absolute Gasteiger partial charge is 0.396 e. The van der Waals surface area contributed by atoms with Crippen LogP contribution in [0.3, 0.4) is 0 Å². The number of halogens is 3. The van der Waals surface area contributed by atoms with Crippen LogP contribution in [-0.4, -0.2) is 70.4 Å². The molecule has 8 heteroatoms. The number of aliphatic hydroxyl groups is 1. The zero-order chi connectivity index (χ0) is 26.2. The van der Waals surface area contributed by atoms with Crippen molar-refractivity contribution < 1.29 is 18.3 Å². The lowest BCUT2D eigenvalue weighted by Crippen LogP contribution is -2.77. The highest BCUT2D eigenvalue weighted by Crippen LogP contribution is 2.72. The van der Waals surface area contributed by atoms with Gasteiger partial charge in [-0.3, -0.25) is 14.2 Å². The van der Waals surface area contributed by atoms with E-state index in [9.17, 15) is 9.50 Å². The van der Waals surface area contributed by atoms with Gasteiger partial charge < -0.3 is 15.4 Å². The maximum Gasteiger partial charge on any atom is 0.133 e. The standard InChI is InChI=1S/C30H35F3N4O/c1-18-9-22-21-5-2-3-6-25(21)35-27(22)28(37(18)30-14-29(15-30,16-30)17-38)26-23(32)10-19(11-24(26)33)34-20-12-36(13-20)8-4-7-31/h2-3,5-6,10-11,18,20,28,34-35,38H,4,7-9,12-17H2,1H3/t18-,28-,29?,30?/m1/s1. The summed E-state index contributed by atoms with van der Waals surface area (Å²) in [7, 11) is 0. The van der Waals surface area contributed by atoms with Gasteiger partial charge in [-0.2, -0.15) is 0 Å². The molecule has 2 aliphatic heterocycles. The first-order valence-corrected chi connectivity index (χ1v) is 13.9. The molecule has 8 rings (SSSR count). The number of H-pyrrole nitrogens is 1. The average Bonchev–Trinajstić information content (AvgIpc) is 3.18. The third-order valence-corrected chi connectivity index (χ3v) is 9.66. The van der Waals surface area contributed by atoms with E-state index in [0.717, 1.165) is 60.9 Å². The molecule has 3 heterocycles. The van der Waals surface area contributed by atoms with Gasteiger partial charge in [-0.25, -0.2) is 8.78 Å². The normalized spacial score (nSPS) is 31.0.